The van der Waals surface area contributed by atoms with Crippen LogP contribution in [0.3, 0.4) is 0 Å². The largest absolute Gasteiger partial charge is 0.481 e. The summed E-state index contributed by atoms with van der Waals surface area (Å²) in [7, 11) is 0. The Bertz CT molecular complexity index is 538. The maximum Gasteiger partial charge on any atom is 0.305 e. The number of carboxylic acid groups (broad SMARTS) is 1. The second-order valence-electron chi connectivity index (χ2n) is 6.00. The molecule has 0 aromatic heterocycles. The summed E-state index contributed by atoms with van der Waals surface area (Å²) in [5, 5.41) is 8.92. The van der Waals surface area contributed by atoms with Gasteiger partial charge in [0.2, 0.25) is 5.91 Å². The summed E-state index contributed by atoms with van der Waals surface area (Å²) < 4.78 is 5.35. The molecule has 1 aromatic rings. The molecule has 0 unspecified atom stereocenters. The zero-order valence-electron chi connectivity index (χ0n) is 13.7. The minimum Gasteiger partial charge on any atom is -0.481 e. The Kier molecular flexibility index (Phi) is 6.59. The monoisotopic (exact) mass is 319 g/mol. The molecule has 1 N–H and O–H groups in total. The number of nitrogens with zero attached hydrogens (tertiary/aromatic N) is 1. The van der Waals surface area contributed by atoms with Crippen molar-refractivity contribution in [2.75, 3.05) is 19.8 Å². The molecular formula is C18H25NO4. The van der Waals surface area contributed by atoms with Crippen molar-refractivity contribution in [2.24, 2.45) is 0 Å². The van der Waals surface area contributed by atoms with E-state index in [-0.39, 0.29) is 24.9 Å². The average Bonchev–Trinajstić information content (AvgIpc) is 2.55. The molecule has 5 nitrogen and oxygen atoms in total. The predicted octanol–water partition coefficient (Wildman–Crippen LogP) is 2.41. The topological polar surface area (TPSA) is 66.8 Å². The third-order valence-corrected chi connectivity index (χ3v) is 4.39. The summed E-state index contributed by atoms with van der Waals surface area (Å²) in [4.78, 5) is 25.3. The highest BCUT2D eigenvalue weighted by Crippen LogP contribution is 2.18. The SMILES string of the molecule is Cc1ccccc1CCC(=O)N(CCC(=O)O)C1CCOCC1. The summed E-state index contributed by atoms with van der Waals surface area (Å²) in [6.07, 6.45) is 2.68. The lowest BCUT2D eigenvalue weighted by Crippen LogP contribution is -2.44. The van der Waals surface area contributed by atoms with Crippen LogP contribution in [0.15, 0.2) is 24.3 Å². The van der Waals surface area contributed by atoms with Crippen molar-refractivity contribution >= 4 is 11.9 Å². The zero-order valence-corrected chi connectivity index (χ0v) is 13.7. The van der Waals surface area contributed by atoms with Crippen molar-refractivity contribution in [1.82, 2.24) is 4.90 Å². The maximum atomic E-state index is 12.6. The number of aryl methyl sites for hydroxylation is 2. The Labute approximate surface area is 137 Å². The number of amides is 1. The first kappa shape index (κ1) is 17.5. The molecule has 2 rings (SSSR count). The van der Waals surface area contributed by atoms with Gasteiger partial charge in [-0.05, 0) is 37.3 Å². The highest BCUT2D eigenvalue weighted by atomic mass is 16.5. The minimum absolute atomic E-state index is 0.00649. The van der Waals surface area contributed by atoms with Crippen LogP contribution in [0.2, 0.25) is 0 Å². The molecule has 0 saturated carbocycles. The molecular weight excluding hydrogens is 294 g/mol. The number of rotatable bonds is 7. The van der Waals surface area contributed by atoms with Crippen molar-refractivity contribution in [3.05, 3.63) is 35.4 Å². The lowest BCUT2D eigenvalue weighted by Gasteiger charge is -2.34. The van der Waals surface area contributed by atoms with Crippen LogP contribution < -0.4 is 0 Å². The number of ether oxygens (including phenoxy) is 1. The molecule has 1 heterocycles. The molecule has 1 aromatic carbocycles. The van der Waals surface area contributed by atoms with Crippen molar-refractivity contribution in [3.8, 4) is 0 Å². The van der Waals surface area contributed by atoms with E-state index in [1.54, 1.807) is 4.90 Å². The number of benzene rings is 1. The third-order valence-electron chi connectivity index (χ3n) is 4.39. The number of hydrogen-bond acceptors (Lipinski definition) is 3. The fourth-order valence-electron chi connectivity index (χ4n) is 3.00. The summed E-state index contributed by atoms with van der Waals surface area (Å²) in [5.41, 5.74) is 2.36. The summed E-state index contributed by atoms with van der Waals surface area (Å²) in [6, 6.07) is 8.15. The standard InChI is InChI=1S/C18H25NO4/c1-14-4-2-3-5-15(14)6-7-17(20)19(11-8-18(21)22)16-9-12-23-13-10-16/h2-5,16H,6-13H2,1H3,(H,21,22). The van der Waals surface area contributed by atoms with Crippen LogP contribution >= 0.6 is 0 Å². The quantitative estimate of drug-likeness (QED) is 0.838. The normalized spacial score (nSPS) is 15.3. The van der Waals surface area contributed by atoms with Crippen LogP contribution in [-0.4, -0.2) is 47.7 Å². The average molecular weight is 319 g/mol. The summed E-state index contributed by atoms with van der Waals surface area (Å²) >= 11 is 0. The minimum atomic E-state index is -0.867. The van der Waals surface area contributed by atoms with E-state index in [1.165, 1.54) is 11.1 Å². The second-order valence-corrected chi connectivity index (χ2v) is 6.00. The van der Waals surface area contributed by atoms with Gasteiger partial charge in [-0.2, -0.15) is 0 Å². The first-order valence-electron chi connectivity index (χ1n) is 8.21. The molecule has 1 aliphatic rings. The molecule has 0 atom stereocenters. The molecule has 1 fully saturated rings. The number of aliphatic carboxylic acids is 1. The number of hydrogen-bond donors (Lipinski definition) is 1. The van der Waals surface area contributed by atoms with Gasteiger partial charge in [-0.3, -0.25) is 9.59 Å². The highest BCUT2D eigenvalue weighted by Gasteiger charge is 2.25. The van der Waals surface area contributed by atoms with Gasteiger partial charge < -0.3 is 14.7 Å². The maximum absolute atomic E-state index is 12.6. The Hall–Kier alpha value is -1.88. The summed E-state index contributed by atoms with van der Waals surface area (Å²) in [5.74, 6) is -0.824. The molecule has 0 radical (unpaired) electrons. The lowest BCUT2D eigenvalue weighted by atomic mass is 10.0. The van der Waals surface area contributed by atoms with Gasteiger partial charge in [0.15, 0.2) is 0 Å². The first-order valence-corrected chi connectivity index (χ1v) is 8.21. The van der Waals surface area contributed by atoms with Crippen LogP contribution in [0.1, 0.15) is 36.8 Å². The number of carboxylic acids is 1. The van der Waals surface area contributed by atoms with E-state index in [0.717, 1.165) is 12.8 Å². The number of carbonyl (C=O) groups excluding carboxylic acids is 1. The van der Waals surface area contributed by atoms with Gasteiger partial charge in [-0.15, -0.1) is 0 Å². The van der Waals surface area contributed by atoms with Gasteiger partial charge in [0.05, 0.1) is 6.42 Å². The molecule has 1 amide bonds. The van der Waals surface area contributed by atoms with Gasteiger partial charge in [0.25, 0.3) is 0 Å². The van der Waals surface area contributed by atoms with Gasteiger partial charge in [0, 0.05) is 32.2 Å². The van der Waals surface area contributed by atoms with Crippen molar-refractivity contribution in [1.29, 1.82) is 0 Å². The van der Waals surface area contributed by atoms with Crippen molar-refractivity contribution < 1.29 is 19.4 Å². The van der Waals surface area contributed by atoms with E-state index in [2.05, 4.69) is 0 Å². The third kappa shape index (κ3) is 5.36. The van der Waals surface area contributed by atoms with E-state index < -0.39 is 5.97 Å². The summed E-state index contributed by atoms with van der Waals surface area (Å²) in [6.45, 7) is 3.60. The van der Waals surface area contributed by atoms with Crippen LogP contribution in [0.25, 0.3) is 0 Å². The van der Waals surface area contributed by atoms with Crippen LogP contribution in [0, 0.1) is 6.92 Å². The predicted molar refractivity (Wildman–Crippen MR) is 87.3 cm³/mol. The van der Waals surface area contributed by atoms with Crippen LogP contribution in [0.4, 0.5) is 0 Å². The van der Waals surface area contributed by atoms with Gasteiger partial charge >= 0.3 is 5.97 Å². The Morgan fingerprint density at radius 2 is 1.91 bits per heavy atom. The smallest absolute Gasteiger partial charge is 0.305 e. The fraction of sp³-hybridized carbons (Fsp3) is 0.556. The van der Waals surface area contributed by atoms with E-state index in [1.807, 2.05) is 31.2 Å². The van der Waals surface area contributed by atoms with Gasteiger partial charge in [-0.25, -0.2) is 0 Å². The van der Waals surface area contributed by atoms with E-state index in [9.17, 15) is 9.59 Å². The first-order chi connectivity index (χ1) is 11.1. The molecule has 5 heteroatoms. The molecule has 126 valence electrons. The Morgan fingerprint density at radius 3 is 2.57 bits per heavy atom. The van der Waals surface area contributed by atoms with Crippen molar-refractivity contribution in [3.63, 3.8) is 0 Å². The molecule has 0 bridgehead atoms. The van der Waals surface area contributed by atoms with Crippen LogP contribution in [0.5, 0.6) is 0 Å². The van der Waals surface area contributed by atoms with Gasteiger partial charge in [0.1, 0.15) is 0 Å². The molecule has 1 saturated heterocycles. The zero-order chi connectivity index (χ0) is 16.7. The van der Waals surface area contributed by atoms with Crippen molar-refractivity contribution in [2.45, 2.75) is 45.1 Å². The van der Waals surface area contributed by atoms with Gasteiger partial charge in [-0.1, -0.05) is 24.3 Å². The molecule has 0 spiro atoms. The Balaban J connectivity index is 1.97. The molecule has 1 aliphatic heterocycles. The van der Waals surface area contributed by atoms with Crippen LogP contribution in [-0.2, 0) is 20.7 Å². The van der Waals surface area contributed by atoms with E-state index in [0.29, 0.717) is 26.1 Å². The second kappa shape index (κ2) is 8.67. The number of carbonyl (C=O) groups is 2. The van der Waals surface area contributed by atoms with E-state index in [4.69, 9.17) is 9.84 Å². The highest BCUT2D eigenvalue weighted by molar-refractivity contribution is 5.77. The van der Waals surface area contributed by atoms with E-state index >= 15 is 0 Å². The molecule has 0 aliphatic carbocycles. The molecule has 23 heavy (non-hydrogen) atoms. The fourth-order valence-corrected chi connectivity index (χ4v) is 3.00. The Morgan fingerprint density at radius 1 is 1.22 bits per heavy atom. The lowest BCUT2D eigenvalue weighted by molar-refractivity contribution is -0.140.